The maximum atomic E-state index is 12.2. The molecule has 0 unspecified atom stereocenters. The highest BCUT2D eigenvalue weighted by molar-refractivity contribution is 8.18. The molecule has 2 saturated heterocycles. The Kier molecular flexibility index (Phi) is 4.81. The van der Waals surface area contributed by atoms with Gasteiger partial charge in [-0.15, -0.1) is 0 Å². The molecule has 3 heterocycles. The zero-order chi connectivity index (χ0) is 17.9. The van der Waals surface area contributed by atoms with E-state index in [1.165, 1.54) is 11.8 Å². The maximum absolute atomic E-state index is 12.2. The number of hydrogen-bond donors (Lipinski definition) is 1. The number of hydrogen-bond acceptors (Lipinski definition) is 6. The van der Waals surface area contributed by atoms with E-state index in [0.29, 0.717) is 29.0 Å². The van der Waals surface area contributed by atoms with Crippen LogP contribution in [0.5, 0.6) is 0 Å². The molecule has 0 atom stereocenters. The van der Waals surface area contributed by atoms with E-state index in [4.69, 9.17) is 9.15 Å². The number of rotatable bonds is 3. The highest BCUT2D eigenvalue weighted by atomic mass is 32.2. The summed E-state index contributed by atoms with van der Waals surface area (Å²) in [6.07, 6.45) is 1.75. The molecule has 1 aromatic carbocycles. The SMILES string of the molecule is Cc1cccc(N=C2NC(=O)/C(=C/c3ccc(N4CCOCC4)o3)S2)c1. The minimum absolute atomic E-state index is 0.161. The molecule has 1 N–H and O–H groups in total. The van der Waals surface area contributed by atoms with Crippen molar-refractivity contribution in [1.29, 1.82) is 0 Å². The van der Waals surface area contributed by atoms with Gasteiger partial charge >= 0.3 is 0 Å². The van der Waals surface area contributed by atoms with E-state index < -0.39 is 0 Å². The highest BCUT2D eigenvalue weighted by Crippen LogP contribution is 2.29. The molecule has 1 amide bonds. The summed E-state index contributed by atoms with van der Waals surface area (Å²) in [5, 5.41) is 3.38. The molecule has 6 nitrogen and oxygen atoms in total. The predicted octanol–water partition coefficient (Wildman–Crippen LogP) is 3.32. The van der Waals surface area contributed by atoms with E-state index in [1.807, 2.05) is 43.3 Å². The van der Waals surface area contributed by atoms with E-state index in [2.05, 4.69) is 15.2 Å². The number of carbonyl (C=O) groups excluding carboxylic acids is 1. The van der Waals surface area contributed by atoms with Gasteiger partial charge in [0.25, 0.3) is 5.91 Å². The van der Waals surface area contributed by atoms with E-state index in [0.717, 1.165) is 30.2 Å². The molecule has 0 aliphatic carbocycles. The lowest BCUT2D eigenvalue weighted by Gasteiger charge is -2.26. The van der Waals surface area contributed by atoms with E-state index in [1.54, 1.807) is 6.08 Å². The third-order valence-electron chi connectivity index (χ3n) is 4.09. The number of nitrogens with zero attached hydrogens (tertiary/aromatic N) is 2. The third-order valence-corrected chi connectivity index (χ3v) is 5.00. The van der Waals surface area contributed by atoms with Gasteiger partial charge in [-0.1, -0.05) is 12.1 Å². The molecule has 0 radical (unpaired) electrons. The van der Waals surface area contributed by atoms with Gasteiger partial charge in [-0.25, -0.2) is 4.99 Å². The van der Waals surface area contributed by atoms with Crippen molar-refractivity contribution < 1.29 is 13.9 Å². The lowest BCUT2D eigenvalue weighted by atomic mass is 10.2. The molecule has 2 aliphatic rings. The van der Waals surface area contributed by atoms with Crippen LogP contribution >= 0.6 is 11.8 Å². The van der Waals surface area contributed by atoms with E-state index in [-0.39, 0.29) is 5.91 Å². The van der Waals surface area contributed by atoms with Gasteiger partial charge in [-0.05, 0) is 42.4 Å². The van der Waals surface area contributed by atoms with Gasteiger partial charge in [0.2, 0.25) is 0 Å². The second kappa shape index (κ2) is 7.39. The lowest BCUT2D eigenvalue weighted by Crippen LogP contribution is -2.35. The van der Waals surface area contributed by atoms with Crippen molar-refractivity contribution >= 4 is 40.5 Å². The molecule has 2 aromatic rings. The van der Waals surface area contributed by atoms with Gasteiger partial charge in [0, 0.05) is 25.2 Å². The standard InChI is InChI=1S/C19H19N3O3S/c1-13-3-2-4-14(11-13)20-19-21-18(23)16(26-19)12-15-5-6-17(25-15)22-7-9-24-10-8-22/h2-6,11-12H,7-10H2,1H3,(H,20,21,23)/b16-12-. The smallest absolute Gasteiger partial charge is 0.264 e. The van der Waals surface area contributed by atoms with Crippen LogP contribution in [0.3, 0.4) is 0 Å². The van der Waals surface area contributed by atoms with Crippen LogP contribution in [0.25, 0.3) is 6.08 Å². The van der Waals surface area contributed by atoms with Crippen molar-refractivity contribution in [3.05, 3.63) is 52.6 Å². The normalized spacial score (nSPS) is 20.8. The molecular formula is C19H19N3O3S. The summed E-state index contributed by atoms with van der Waals surface area (Å²) in [5.74, 6) is 1.30. The van der Waals surface area contributed by atoms with Crippen LogP contribution in [0, 0.1) is 6.92 Å². The number of benzene rings is 1. The van der Waals surface area contributed by atoms with Gasteiger partial charge in [0.1, 0.15) is 5.76 Å². The number of morpholine rings is 1. The molecule has 1 aromatic heterocycles. The molecule has 4 rings (SSSR count). The van der Waals surface area contributed by atoms with Gasteiger partial charge < -0.3 is 19.4 Å². The first-order chi connectivity index (χ1) is 12.7. The van der Waals surface area contributed by atoms with Crippen LogP contribution < -0.4 is 10.2 Å². The summed E-state index contributed by atoms with van der Waals surface area (Å²) in [6.45, 7) is 5.04. The Morgan fingerprint density at radius 1 is 1.23 bits per heavy atom. The monoisotopic (exact) mass is 369 g/mol. The first kappa shape index (κ1) is 16.9. The minimum atomic E-state index is -0.161. The minimum Gasteiger partial charge on any atom is -0.441 e. The van der Waals surface area contributed by atoms with Crippen molar-refractivity contribution in [2.45, 2.75) is 6.92 Å². The average Bonchev–Trinajstić information content (AvgIpc) is 3.23. The number of amides is 1. The van der Waals surface area contributed by atoms with Crippen LogP contribution in [-0.4, -0.2) is 37.4 Å². The Labute approximate surface area is 155 Å². The molecule has 26 heavy (non-hydrogen) atoms. The summed E-state index contributed by atoms with van der Waals surface area (Å²) >= 11 is 1.32. The first-order valence-electron chi connectivity index (χ1n) is 8.46. The molecule has 2 aliphatic heterocycles. The maximum Gasteiger partial charge on any atom is 0.264 e. The van der Waals surface area contributed by atoms with Crippen molar-refractivity contribution in [2.24, 2.45) is 4.99 Å². The van der Waals surface area contributed by atoms with Crippen molar-refractivity contribution in [2.75, 3.05) is 31.2 Å². The van der Waals surface area contributed by atoms with Crippen LogP contribution in [0.4, 0.5) is 11.6 Å². The summed E-state index contributed by atoms with van der Waals surface area (Å²) in [5.41, 5.74) is 1.95. The number of aliphatic imine (C=N–C) groups is 1. The highest BCUT2D eigenvalue weighted by Gasteiger charge is 2.24. The molecule has 134 valence electrons. The fraction of sp³-hybridized carbons (Fsp3) is 0.263. The number of nitrogens with one attached hydrogen (secondary N) is 1. The van der Waals surface area contributed by atoms with E-state index >= 15 is 0 Å². The molecule has 2 fully saturated rings. The largest absolute Gasteiger partial charge is 0.441 e. The Morgan fingerprint density at radius 2 is 2.08 bits per heavy atom. The summed E-state index contributed by atoms with van der Waals surface area (Å²) in [4.78, 5) is 19.4. The fourth-order valence-corrected chi connectivity index (χ4v) is 3.62. The Hall–Kier alpha value is -2.51. The number of aryl methyl sites for hydroxylation is 1. The van der Waals surface area contributed by atoms with Gasteiger partial charge in [-0.2, -0.15) is 0 Å². The number of amidine groups is 1. The van der Waals surface area contributed by atoms with Gasteiger partial charge in [0.05, 0.1) is 23.8 Å². The average molecular weight is 369 g/mol. The topological polar surface area (TPSA) is 67.1 Å². The second-order valence-corrected chi connectivity index (χ2v) is 7.13. The first-order valence-corrected chi connectivity index (χ1v) is 9.28. The van der Waals surface area contributed by atoms with E-state index in [9.17, 15) is 4.79 Å². The zero-order valence-electron chi connectivity index (χ0n) is 14.4. The quantitative estimate of drug-likeness (QED) is 0.841. The van der Waals surface area contributed by atoms with Gasteiger partial charge in [-0.3, -0.25) is 4.79 Å². The van der Waals surface area contributed by atoms with Crippen molar-refractivity contribution in [3.63, 3.8) is 0 Å². The Morgan fingerprint density at radius 3 is 2.88 bits per heavy atom. The second-order valence-electron chi connectivity index (χ2n) is 6.10. The van der Waals surface area contributed by atoms with Crippen molar-refractivity contribution in [1.82, 2.24) is 5.32 Å². The molecule has 0 spiro atoms. The number of carbonyl (C=O) groups is 1. The lowest BCUT2D eigenvalue weighted by molar-refractivity contribution is -0.115. The fourth-order valence-electron chi connectivity index (χ4n) is 2.80. The van der Waals surface area contributed by atoms with Crippen molar-refractivity contribution in [3.8, 4) is 0 Å². The predicted molar refractivity (Wildman–Crippen MR) is 104 cm³/mol. The molecule has 0 saturated carbocycles. The Balaban J connectivity index is 1.49. The van der Waals surface area contributed by atoms with Crippen LogP contribution in [0.15, 0.2) is 50.7 Å². The van der Waals surface area contributed by atoms with Crippen LogP contribution in [0.1, 0.15) is 11.3 Å². The molecule has 0 bridgehead atoms. The number of ether oxygens (including phenoxy) is 1. The number of furan rings is 1. The number of anilines is 1. The molecular weight excluding hydrogens is 350 g/mol. The molecule has 7 heteroatoms. The van der Waals surface area contributed by atoms with Crippen LogP contribution in [0.2, 0.25) is 0 Å². The van der Waals surface area contributed by atoms with Gasteiger partial charge in [0.15, 0.2) is 11.1 Å². The summed E-state index contributed by atoms with van der Waals surface area (Å²) in [7, 11) is 0. The summed E-state index contributed by atoms with van der Waals surface area (Å²) < 4.78 is 11.2. The number of thioether (sulfide) groups is 1. The van der Waals surface area contributed by atoms with Crippen LogP contribution in [-0.2, 0) is 9.53 Å². The summed E-state index contributed by atoms with van der Waals surface area (Å²) in [6, 6.07) is 11.7. The third kappa shape index (κ3) is 3.84. The Bertz CT molecular complexity index is 882. The zero-order valence-corrected chi connectivity index (χ0v) is 15.2.